The minimum absolute atomic E-state index is 0.0372. The third-order valence-corrected chi connectivity index (χ3v) is 2.77. The van der Waals surface area contributed by atoms with E-state index < -0.39 is 0 Å². The van der Waals surface area contributed by atoms with Crippen LogP contribution in [0.3, 0.4) is 0 Å². The van der Waals surface area contributed by atoms with E-state index in [0.29, 0.717) is 0 Å². The van der Waals surface area contributed by atoms with Crippen LogP contribution in [-0.4, -0.2) is 14.8 Å². The van der Waals surface area contributed by atoms with Gasteiger partial charge in [0.2, 0.25) is 0 Å². The Bertz CT molecular complexity index is 409. The summed E-state index contributed by atoms with van der Waals surface area (Å²) in [5.41, 5.74) is 1.13. The van der Waals surface area contributed by atoms with Crippen LogP contribution in [0.5, 0.6) is 0 Å². The average molecular weight is 207 g/mol. The van der Waals surface area contributed by atoms with Crippen LogP contribution >= 0.6 is 11.3 Å². The van der Waals surface area contributed by atoms with Gasteiger partial charge in [0.05, 0.1) is 11.7 Å². The molecule has 0 unspecified atom stereocenters. The first-order chi connectivity index (χ1) is 6.57. The van der Waals surface area contributed by atoms with Gasteiger partial charge in [-0.05, 0) is 20.8 Å². The molecule has 0 aliphatic carbocycles. The first-order valence-corrected chi connectivity index (χ1v) is 5.40. The number of hydrogen-bond acceptors (Lipinski definition) is 3. The second-order valence-electron chi connectivity index (χ2n) is 4.18. The SMILES string of the molecule is CC(C)(C)n1cc(-c2nccs2)cn1. The molecule has 2 aromatic heterocycles. The molecule has 0 bridgehead atoms. The Hall–Kier alpha value is -1.16. The molecule has 0 saturated heterocycles. The molecular formula is C10H13N3S. The van der Waals surface area contributed by atoms with Crippen LogP contribution in [-0.2, 0) is 5.54 Å². The molecule has 2 aromatic rings. The van der Waals surface area contributed by atoms with Crippen molar-refractivity contribution in [2.45, 2.75) is 26.3 Å². The number of hydrogen-bond donors (Lipinski definition) is 0. The monoisotopic (exact) mass is 207 g/mol. The Morgan fingerprint density at radius 2 is 2.14 bits per heavy atom. The zero-order valence-corrected chi connectivity index (χ0v) is 9.38. The van der Waals surface area contributed by atoms with Crippen LogP contribution in [0.2, 0.25) is 0 Å². The second kappa shape index (κ2) is 3.20. The molecule has 2 heterocycles. The third kappa shape index (κ3) is 1.70. The Kier molecular flexibility index (Phi) is 2.15. The van der Waals surface area contributed by atoms with Crippen LogP contribution in [0.15, 0.2) is 24.0 Å². The van der Waals surface area contributed by atoms with E-state index in [9.17, 15) is 0 Å². The topological polar surface area (TPSA) is 30.7 Å². The maximum atomic E-state index is 4.33. The summed E-state index contributed by atoms with van der Waals surface area (Å²) in [6.45, 7) is 6.39. The fourth-order valence-electron chi connectivity index (χ4n) is 1.17. The smallest absolute Gasteiger partial charge is 0.126 e. The van der Waals surface area contributed by atoms with Gasteiger partial charge < -0.3 is 0 Å². The molecule has 4 heteroatoms. The zero-order valence-electron chi connectivity index (χ0n) is 8.56. The Balaban J connectivity index is 2.36. The van der Waals surface area contributed by atoms with Crippen molar-refractivity contribution in [3.05, 3.63) is 24.0 Å². The molecule has 0 N–H and O–H groups in total. The van der Waals surface area contributed by atoms with Crippen molar-refractivity contribution >= 4 is 11.3 Å². The summed E-state index contributed by atoms with van der Waals surface area (Å²) in [5, 5.41) is 7.33. The molecule has 0 radical (unpaired) electrons. The van der Waals surface area contributed by atoms with Gasteiger partial charge in [-0.15, -0.1) is 11.3 Å². The van der Waals surface area contributed by atoms with Crippen LogP contribution in [0.25, 0.3) is 10.6 Å². The molecular weight excluding hydrogens is 194 g/mol. The number of nitrogens with zero attached hydrogens (tertiary/aromatic N) is 3. The van der Waals surface area contributed by atoms with Crippen LogP contribution in [0.1, 0.15) is 20.8 Å². The maximum absolute atomic E-state index is 4.33. The normalized spacial score (nSPS) is 11.9. The predicted molar refractivity (Wildman–Crippen MR) is 58.3 cm³/mol. The molecule has 74 valence electrons. The Labute approximate surface area is 87.4 Å². The van der Waals surface area contributed by atoms with Crippen molar-refractivity contribution in [2.24, 2.45) is 0 Å². The highest BCUT2D eigenvalue weighted by molar-refractivity contribution is 7.13. The van der Waals surface area contributed by atoms with Crippen molar-refractivity contribution in [1.82, 2.24) is 14.8 Å². The molecule has 3 nitrogen and oxygen atoms in total. The van der Waals surface area contributed by atoms with E-state index in [0.717, 1.165) is 10.6 Å². The van der Waals surface area contributed by atoms with Crippen molar-refractivity contribution in [1.29, 1.82) is 0 Å². The molecule has 0 fully saturated rings. The lowest BCUT2D eigenvalue weighted by molar-refractivity contribution is 0.355. The van der Waals surface area contributed by atoms with E-state index in [4.69, 9.17) is 0 Å². The van der Waals surface area contributed by atoms with E-state index in [1.165, 1.54) is 0 Å². The van der Waals surface area contributed by atoms with E-state index in [-0.39, 0.29) is 5.54 Å². The van der Waals surface area contributed by atoms with Gasteiger partial charge >= 0.3 is 0 Å². The Morgan fingerprint density at radius 1 is 1.36 bits per heavy atom. The molecule has 0 aliphatic heterocycles. The standard InChI is InChI=1S/C10H13N3S/c1-10(2,3)13-7-8(6-12-13)9-11-4-5-14-9/h4-7H,1-3H3. The van der Waals surface area contributed by atoms with Gasteiger partial charge in [0, 0.05) is 23.3 Å². The lowest BCUT2D eigenvalue weighted by atomic mass is 10.1. The first kappa shape index (κ1) is 9.40. The lowest BCUT2D eigenvalue weighted by Gasteiger charge is -2.18. The van der Waals surface area contributed by atoms with Crippen molar-refractivity contribution < 1.29 is 0 Å². The van der Waals surface area contributed by atoms with Gasteiger partial charge in [0.15, 0.2) is 0 Å². The van der Waals surface area contributed by atoms with Crippen molar-refractivity contribution in [3.8, 4) is 10.6 Å². The van der Waals surface area contributed by atoms with E-state index in [1.807, 2.05) is 28.7 Å². The second-order valence-corrected chi connectivity index (χ2v) is 5.08. The summed E-state index contributed by atoms with van der Waals surface area (Å²) < 4.78 is 1.96. The van der Waals surface area contributed by atoms with E-state index in [2.05, 4.69) is 30.9 Å². The molecule has 0 spiro atoms. The first-order valence-electron chi connectivity index (χ1n) is 4.52. The third-order valence-electron chi connectivity index (χ3n) is 1.95. The van der Waals surface area contributed by atoms with Gasteiger partial charge in [0.25, 0.3) is 0 Å². The molecule has 0 aliphatic rings. The van der Waals surface area contributed by atoms with Crippen LogP contribution in [0, 0.1) is 0 Å². The quantitative estimate of drug-likeness (QED) is 0.720. The highest BCUT2D eigenvalue weighted by Crippen LogP contribution is 2.23. The van der Waals surface area contributed by atoms with Gasteiger partial charge in [-0.1, -0.05) is 0 Å². The van der Waals surface area contributed by atoms with Crippen LogP contribution in [0.4, 0.5) is 0 Å². The number of rotatable bonds is 1. The average Bonchev–Trinajstić information content (AvgIpc) is 2.73. The summed E-state index contributed by atoms with van der Waals surface area (Å²) in [5.74, 6) is 0. The summed E-state index contributed by atoms with van der Waals surface area (Å²) in [7, 11) is 0. The van der Waals surface area contributed by atoms with Crippen LogP contribution < -0.4 is 0 Å². The molecule has 0 saturated carbocycles. The minimum Gasteiger partial charge on any atom is -0.267 e. The fourth-order valence-corrected chi connectivity index (χ4v) is 1.78. The zero-order chi connectivity index (χ0) is 10.2. The van der Waals surface area contributed by atoms with Crippen molar-refractivity contribution in [3.63, 3.8) is 0 Å². The highest BCUT2D eigenvalue weighted by atomic mass is 32.1. The van der Waals surface area contributed by atoms with Gasteiger partial charge in [-0.25, -0.2) is 4.98 Å². The minimum atomic E-state index is 0.0372. The summed E-state index contributed by atoms with van der Waals surface area (Å²) >= 11 is 1.64. The molecule has 2 rings (SSSR count). The number of aromatic nitrogens is 3. The summed E-state index contributed by atoms with van der Waals surface area (Å²) in [6.07, 6.45) is 5.72. The van der Waals surface area contributed by atoms with E-state index >= 15 is 0 Å². The fraction of sp³-hybridized carbons (Fsp3) is 0.400. The molecule has 0 aromatic carbocycles. The number of thiazole rings is 1. The summed E-state index contributed by atoms with van der Waals surface area (Å²) in [6, 6.07) is 0. The maximum Gasteiger partial charge on any atom is 0.126 e. The molecule has 0 amide bonds. The molecule has 14 heavy (non-hydrogen) atoms. The predicted octanol–water partition coefficient (Wildman–Crippen LogP) is 2.76. The van der Waals surface area contributed by atoms with Crippen molar-refractivity contribution in [2.75, 3.05) is 0 Å². The summed E-state index contributed by atoms with van der Waals surface area (Å²) in [4.78, 5) is 4.25. The Morgan fingerprint density at radius 3 is 2.64 bits per heavy atom. The van der Waals surface area contributed by atoms with Gasteiger partial charge in [-0.3, -0.25) is 4.68 Å². The lowest BCUT2D eigenvalue weighted by Crippen LogP contribution is -2.21. The van der Waals surface area contributed by atoms with Gasteiger partial charge in [-0.2, -0.15) is 5.10 Å². The van der Waals surface area contributed by atoms with Gasteiger partial charge in [0.1, 0.15) is 5.01 Å². The molecule has 0 atom stereocenters. The largest absolute Gasteiger partial charge is 0.267 e. The van der Waals surface area contributed by atoms with E-state index in [1.54, 1.807) is 11.3 Å². The highest BCUT2D eigenvalue weighted by Gasteiger charge is 2.14.